The second-order valence-corrected chi connectivity index (χ2v) is 8.88. The molecule has 1 aromatic heterocycles. The molecule has 1 heterocycles. The number of anilines is 1. The molecule has 0 spiro atoms. The highest BCUT2D eigenvalue weighted by atomic mass is 32.2. The number of halogens is 3. The van der Waals surface area contributed by atoms with Gasteiger partial charge in [0.25, 0.3) is 0 Å². The van der Waals surface area contributed by atoms with Gasteiger partial charge in [0, 0.05) is 35.4 Å². The van der Waals surface area contributed by atoms with Gasteiger partial charge in [-0.3, -0.25) is 4.98 Å². The predicted molar refractivity (Wildman–Crippen MR) is 111 cm³/mol. The molecule has 0 aliphatic carbocycles. The van der Waals surface area contributed by atoms with E-state index in [0.29, 0.717) is 22.2 Å². The number of aryl methyl sites for hydroxylation is 3. The zero-order chi connectivity index (χ0) is 22.1. The smallest absolute Gasteiger partial charge is 0.383 e. The number of aromatic nitrogens is 1. The fourth-order valence-electron chi connectivity index (χ4n) is 3.55. The summed E-state index contributed by atoms with van der Waals surface area (Å²) in [6.45, 7) is 4.28. The van der Waals surface area contributed by atoms with Gasteiger partial charge in [-0.1, -0.05) is 29.8 Å². The van der Waals surface area contributed by atoms with Gasteiger partial charge in [0.2, 0.25) is 10.0 Å². The number of benzene rings is 2. The molecule has 0 bridgehead atoms. The largest absolute Gasteiger partial charge is 0.406 e. The van der Waals surface area contributed by atoms with Gasteiger partial charge in [0.05, 0.1) is 4.90 Å². The van der Waals surface area contributed by atoms with Crippen molar-refractivity contribution in [3.8, 4) is 0 Å². The Labute approximate surface area is 173 Å². The van der Waals surface area contributed by atoms with E-state index in [-0.39, 0.29) is 4.90 Å². The van der Waals surface area contributed by atoms with Crippen LogP contribution in [-0.4, -0.2) is 32.2 Å². The van der Waals surface area contributed by atoms with Crippen LogP contribution in [0.2, 0.25) is 0 Å². The van der Waals surface area contributed by atoms with Crippen LogP contribution in [0.15, 0.2) is 53.7 Å². The van der Waals surface area contributed by atoms with E-state index in [1.165, 1.54) is 0 Å². The van der Waals surface area contributed by atoms with Crippen LogP contribution in [0.1, 0.15) is 16.7 Å². The lowest BCUT2D eigenvalue weighted by Crippen LogP contribution is -2.49. The average Bonchev–Trinajstić information content (AvgIpc) is 2.63. The fourth-order valence-corrected chi connectivity index (χ4v) is 5.22. The summed E-state index contributed by atoms with van der Waals surface area (Å²) >= 11 is 0. The lowest BCUT2D eigenvalue weighted by atomic mass is 10.1. The molecule has 0 radical (unpaired) electrons. The molecule has 0 amide bonds. The van der Waals surface area contributed by atoms with Crippen molar-refractivity contribution in [1.82, 2.24) is 9.71 Å². The Balaban J connectivity index is 1.89. The highest BCUT2D eigenvalue weighted by Crippen LogP contribution is 2.27. The molecule has 2 N–H and O–H groups in total. The number of nitrogens with one attached hydrogen (secondary N) is 2. The molecule has 0 saturated heterocycles. The molecular formula is C21H22F3N3O2S. The number of nitrogens with zero attached hydrogens (tertiary/aromatic N) is 1. The van der Waals surface area contributed by atoms with Crippen LogP contribution < -0.4 is 10.0 Å². The minimum absolute atomic E-state index is 0.126. The third-order valence-electron chi connectivity index (χ3n) is 4.74. The highest BCUT2D eigenvalue weighted by Gasteiger charge is 2.42. The Morgan fingerprint density at radius 1 is 1.07 bits per heavy atom. The van der Waals surface area contributed by atoms with Crippen molar-refractivity contribution in [2.75, 3.05) is 11.9 Å². The minimum Gasteiger partial charge on any atom is -0.383 e. The van der Waals surface area contributed by atoms with Crippen molar-refractivity contribution >= 4 is 26.5 Å². The van der Waals surface area contributed by atoms with Gasteiger partial charge in [-0.15, -0.1) is 0 Å². The Hall–Kier alpha value is -2.65. The van der Waals surface area contributed by atoms with Gasteiger partial charge in [-0.25, -0.2) is 8.42 Å². The summed E-state index contributed by atoms with van der Waals surface area (Å²) in [5.74, 6) is 0. The number of hydrogen-bond acceptors (Lipinski definition) is 4. The summed E-state index contributed by atoms with van der Waals surface area (Å²) in [5.41, 5.74) is 2.10. The molecule has 3 aromatic rings. The van der Waals surface area contributed by atoms with Crippen molar-refractivity contribution in [2.24, 2.45) is 0 Å². The van der Waals surface area contributed by atoms with E-state index in [4.69, 9.17) is 0 Å². The molecule has 9 heteroatoms. The zero-order valence-corrected chi connectivity index (χ0v) is 17.5. The minimum atomic E-state index is -4.78. The number of pyridine rings is 1. The summed E-state index contributed by atoms with van der Waals surface area (Å²) in [4.78, 5) is 3.87. The topological polar surface area (TPSA) is 71.1 Å². The van der Waals surface area contributed by atoms with Crippen LogP contribution >= 0.6 is 0 Å². The van der Waals surface area contributed by atoms with Gasteiger partial charge < -0.3 is 5.32 Å². The maximum absolute atomic E-state index is 13.7. The van der Waals surface area contributed by atoms with Crippen LogP contribution in [0.4, 0.5) is 18.9 Å². The third kappa shape index (κ3) is 4.73. The van der Waals surface area contributed by atoms with Crippen LogP contribution in [-0.2, 0) is 10.0 Å². The first-order valence-electron chi connectivity index (χ1n) is 9.22. The standard InChI is InChI=1S/C21H22F3N3O2S/c1-13-9-14(2)20(15(3)10-13)30(28,29)27-19(21(22,23)24)12-26-18-6-4-5-16-11-25-8-7-17(16)18/h4-11,19,26-27H,12H2,1-3H3. The SMILES string of the molecule is Cc1cc(C)c(S(=O)(=O)NC(CNc2cccc3cnccc23)C(F)(F)F)c(C)c1. The normalized spacial score (nSPS) is 13.4. The molecular weight excluding hydrogens is 415 g/mol. The summed E-state index contributed by atoms with van der Waals surface area (Å²) in [6, 6.07) is 7.76. The highest BCUT2D eigenvalue weighted by molar-refractivity contribution is 7.89. The van der Waals surface area contributed by atoms with E-state index in [1.54, 1.807) is 69.6 Å². The molecule has 1 unspecified atom stereocenters. The molecule has 30 heavy (non-hydrogen) atoms. The number of rotatable bonds is 6. The molecule has 3 rings (SSSR count). The first-order chi connectivity index (χ1) is 14.0. The number of alkyl halides is 3. The maximum Gasteiger partial charge on any atom is 0.406 e. The average molecular weight is 437 g/mol. The third-order valence-corrected chi connectivity index (χ3v) is 6.52. The summed E-state index contributed by atoms with van der Waals surface area (Å²) < 4.78 is 68.5. The summed E-state index contributed by atoms with van der Waals surface area (Å²) in [6.07, 6.45) is -1.63. The lowest BCUT2D eigenvalue weighted by molar-refractivity contribution is -0.148. The van der Waals surface area contributed by atoms with Crippen molar-refractivity contribution in [3.63, 3.8) is 0 Å². The van der Waals surface area contributed by atoms with E-state index in [0.717, 1.165) is 10.9 Å². The number of fused-ring (bicyclic) bond motifs is 1. The molecule has 0 aliphatic heterocycles. The fraction of sp³-hybridized carbons (Fsp3) is 0.286. The monoisotopic (exact) mass is 437 g/mol. The molecule has 0 aliphatic rings. The van der Waals surface area contributed by atoms with Gasteiger partial charge >= 0.3 is 6.18 Å². The molecule has 0 saturated carbocycles. The van der Waals surface area contributed by atoms with Gasteiger partial charge in [-0.05, 0) is 44.0 Å². The van der Waals surface area contributed by atoms with Crippen molar-refractivity contribution in [2.45, 2.75) is 37.9 Å². The van der Waals surface area contributed by atoms with E-state index < -0.39 is 28.8 Å². The van der Waals surface area contributed by atoms with E-state index >= 15 is 0 Å². The van der Waals surface area contributed by atoms with Crippen LogP contribution in [0.3, 0.4) is 0 Å². The van der Waals surface area contributed by atoms with Gasteiger partial charge in [-0.2, -0.15) is 17.9 Å². The summed E-state index contributed by atoms with van der Waals surface area (Å²) in [5, 5.41) is 4.19. The van der Waals surface area contributed by atoms with Crippen molar-refractivity contribution in [1.29, 1.82) is 0 Å². The number of hydrogen-bond donors (Lipinski definition) is 2. The Kier molecular flexibility index (Phi) is 6.05. The molecule has 2 aromatic carbocycles. The predicted octanol–water partition coefficient (Wildman–Crippen LogP) is 4.48. The van der Waals surface area contributed by atoms with Crippen LogP contribution in [0.5, 0.6) is 0 Å². The second kappa shape index (κ2) is 8.23. The van der Waals surface area contributed by atoms with Crippen LogP contribution in [0, 0.1) is 20.8 Å². The van der Waals surface area contributed by atoms with Gasteiger partial charge in [0.1, 0.15) is 6.04 Å². The van der Waals surface area contributed by atoms with E-state index in [2.05, 4.69) is 10.3 Å². The summed E-state index contributed by atoms with van der Waals surface area (Å²) in [7, 11) is -4.39. The molecule has 5 nitrogen and oxygen atoms in total. The van der Waals surface area contributed by atoms with Crippen molar-refractivity contribution < 1.29 is 21.6 Å². The van der Waals surface area contributed by atoms with Gasteiger partial charge in [0.15, 0.2) is 0 Å². The molecule has 160 valence electrons. The Bertz CT molecular complexity index is 1150. The quantitative estimate of drug-likeness (QED) is 0.597. The van der Waals surface area contributed by atoms with E-state index in [9.17, 15) is 21.6 Å². The maximum atomic E-state index is 13.7. The Morgan fingerprint density at radius 2 is 1.73 bits per heavy atom. The first-order valence-corrected chi connectivity index (χ1v) is 10.7. The number of sulfonamides is 1. The Morgan fingerprint density at radius 3 is 2.37 bits per heavy atom. The first kappa shape index (κ1) is 22.0. The van der Waals surface area contributed by atoms with Crippen LogP contribution in [0.25, 0.3) is 10.8 Å². The molecule has 0 fully saturated rings. The lowest BCUT2D eigenvalue weighted by Gasteiger charge is -2.24. The van der Waals surface area contributed by atoms with E-state index in [1.807, 2.05) is 4.72 Å². The zero-order valence-electron chi connectivity index (χ0n) is 16.7. The molecule has 1 atom stereocenters. The second-order valence-electron chi connectivity index (χ2n) is 7.23. The van der Waals surface area contributed by atoms with Crippen molar-refractivity contribution in [3.05, 3.63) is 65.5 Å².